The van der Waals surface area contributed by atoms with Gasteiger partial charge in [-0.05, 0) is 29.8 Å². The van der Waals surface area contributed by atoms with Gasteiger partial charge in [0.2, 0.25) is 11.9 Å². The van der Waals surface area contributed by atoms with Crippen molar-refractivity contribution in [1.82, 2.24) is 14.6 Å². The molecule has 1 N–H and O–H groups in total. The molecule has 1 aliphatic rings. The Kier molecular flexibility index (Phi) is 4.15. The molecule has 0 radical (unpaired) electrons. The number of benzene rings is 1. The predicted octanol–water partition coefficient (Wildman–Crippen LogP) is 2.73. The minimum Gasteiger partial charge on any atom is -0.489 e. The summed E-state index contributed by atoms with van der Waals surface area (Å²) >= 11 is 6.26. The molecule has 0 unspecified atom stereocenters. The first-order valence-electron chi connectivity index (χ1n) is 7.88. The predicted molar refractivity (Wildman–Crippen MR) is 92.4 cm³/mol. The lowest BCUT2D eigenvalue weighted by atomic mass is 10.1. The number of pyridine rings is 1. The van der Waals surface area contributed by atoms with Crippen LogP contribution in [0.15, 0.2) is 36.5 Å². The van der Waals surface area contributed by atoms with E-state index >= 15 is 0 Å². The molecular formula is C17H15ClN4O3. The zero-order valence-corrected chi connectivity index (χ0v) is 14.0. The van der Waals surface area contributed by atoms with Gasteiger partial charge < -0.3 is 9.47 Å². The van der Waals surface area contributed by atoms with Gasteiger partial charge in [0.25, 0.3) is 0 Å². The van der Waals surface area contributed by atoms with Crippen LogP contribution >= 0.6 is 11.6 Å². The molecule has 0 saturated heterocycles. The van der Waals surface area contributed by atoms with Gasteiger partial charge in [-0.1, -0.05) is 17.7 Å². The maximum Gasteiger partial charge on any atom is 0.235 e. The summed E-state index contributed by atoms with van der Waals surface area (Å²) in [5, 5.41) is 11.2. The molecule has 3 aromatic rings. The highest BCUT2D eigenvalue weighted by Crippen LogP contribution is 2.38. The highest BCUT2D eigenvalue weighted by atomic mass is 35.5. The van der Waals surface area contributed by atoms with Gasteiger partial charge >= 0.3 is 0 Å². The quantitative estimate of drug-likeness (QED) is 0.779. The van der Waals surface area contributed by atoms with E-state index in [0.717, 1.165) is 12.0 Å². The SMILES string of the molecule is O=C(Cc1cc(Cl)c2c(c1)OCCCO2)Nc1nnc2ccccn12. The van der Waals surface area contributed by atoms with Crippen molar-refractivity contribution in [2.24, 2.45) is 0 Å². The summed E-state index contributed by atoms with van der Waals surface area (Å²) in [6.45, 7) is 1.12. The Labute approximate surface area is 148 Å². The maximum absolute atomic E-state index is 12.4. The Bertz CT molecular complexity index is 941. The van der Waals surface area contributed by atoms with E-state index in [1.165, 1.54) is 0 Å². The molecule has 25 heavy (non-hydrogen) atoms. The van der Waals surface area contributed by atoms with Crippen LogP contribution in [0.1, 0.15) is 12.0 Å². The lowest BCUT2D eigenvalue weighted by Gasteiger charge is -2.11. The molecule has 0 spiro atoms. The summed E-state index contributed by atoms with van der Waals surface area (Å²) in [4.78, 5) is 12.4. The van der Waals surface area contributed by atoms with Crippen LogP contribution in [0.25, 0.3) is 5.65 Å². The van der Waals surface area contributed by atoms with Gasteiger partial charge in [0.1, 0.15) is 0 Å². The largest absolute Gasteiger partial charge is 0.489 e. The van der Waals surface area contributed by atoms with Gasteiger partial charge in [-0.2, -0.15) is 0 Å². The van der Waals surface area contributed by atoms with Gasteiger partial charge in [0.15, 0.2) is 17.1 Å². The number of carbonyl (C=O) groups is 1. The highest BCUT2D eigenvalue weighted by molar-refractivity contribution is 6.32. The number of aromatic nitrogens is 3. The van der Waals surface area contributed by atoms with Gasteiger partial charge in [-0.3, -0.25) is 14.5 Å². The Balaban J connectivity index is 1.53. The second-order valence-corrected chi connectivity index (χ2v) is 6.04. The lowest BCUT2D eigenvalue weighted by molar-refractivity contribution is -0.115. The van der Waals surface area contributed by atoms with Gasteiger partial charge in [-0.25, -0.2) is 0 Å². The van der Waals surface area contributed by atoms with E-state index in [1.807, 2.05) is 18.2 Å². The van der Waals surface area contributed by atoms with E-state index in [2.05, 4.69) is 15.5 Å². The summed E-state index contributed by atoms with van der Waals surface area (Å²) < 4.78 is 12.9. The van der Waals surface area contributed by atoms with Crippen LogP contribution in [-0.2, 0) is 11.2 Å². The number of hydrogen-bond donors (Lipinski definition) is 1. The van der Waals surface area contributed by atoms with E-state index in [4.69, 9.17) is 21.1 Å². The molecule has 1 amide bonds. The third-order valence-electron chi connectivity index (χ3n) is 3.79. The molecule has 8 heteroatoms. The van der Waals surface area contributed by atoms with Crippen molar-refractivity contribution in [3.63, 3.8) is 0 Å². The molecule has 1 aromatic carbocycles. The van der Waals surface area contributed by atoms with Gasteiger partial charge in [0.05, 0.1) is 24.7 Å². The molecule has 7 nitrogen and oxygen atoms in total. The Morgan fingerprint density at radius 1 is 1.24 bits per heavy atom. The summed E-state index contributed by atoms with van der Waals surface area (Å²) in [6.07, 6.45) is 2.72. The van der Waals surface area contributed by atoms with Crippen molar-refractivity contribution >= 4 is 29.1 Å². The molecule has 0 fully saturated rings. The van der Waals surface area contributed by atoms with Crippen molar-refractivity contribution in [1.29, 1.82) is 0 Å². The normalized spacial score (nSPS) is 13.5. The fourth-order valence-electron chi connectivity index (χ4n) is 2.67. The maximum atomic E-state index is 12.4. The summed E-state index contributed by atoms with van der Waals surface area (Å²) in [5.74, 6) is 1.26. The standard InChI is InChI=1S/C17H15ClN4O3/c18-12-8-11(9-13-16(12)25-7-3-6-24-13)10-15(23)19-17-21-20-14-4-1-2-5-22(14)17/h1-2,4-5,8-9H,3,6-7,10H2,(H,19,21,23). The van der Waals surface area contributed by atoms with Crippen LogP contribution in [0.3, 0.4) is 0 Å². The topological polar surface area (TPSA) is 77.8 Å². The Morgan fingerprint density at radius 3 is 3.04 bits per heavy atom. The van der Waals surface area contributed by atoms with Crippen LogP contribution in [0.2, 0.25) is 5.02 Å². The minimum atomic E-state index is -0.219. The first-order valence-corrected chi connectivity index (χ1v) is 8.26. The lowest BCUT2D eigenvalue weighted by Crippen LogP contribution is -2.16. The van der Waals surface area contributed by atoms with Crippen LogP contribution in [0, 0.1) is 0 Å². The molecule has 0 aliphatic carbocycles. The van der Waals surface area contributed by atoms with Crippen molar-refractivity contribution in [3.8, 4) is 11.5 Å². The average molecular weight is 359 g/mol. The second-order valence-electron chi connectivity index (χ2n) is 5.63. The van der Waals surface area contributed by atoms with Crippen LogP contribution < -0.4 is 14.8 Å². The Morgan fingerprint density at radius 2 is 2.12 bits per heavy atom. The number of hydrogen-bond acceptors (Lipinski definition) is 5. The fourth-order valence-corrected chi connectivity index (χ4v) is 2.96. The molecule has 2 aromatic heterocycles. The first-order chi connectivity index (χ1) is 12.2. The average Bonchev–Trinajstić information content (AvgIpc) is 2.84. The number of anilines is 1. The number of rotatable bonds is 3. The monoisotopic (exact) mass is 358 g/mol. The number of ether oxygens (including phenoxy) is 2. The number of amides is 1. The van der Waals surface area contributed by atoms with Crippen molar-refractivity contribution in [3.05, 3.63) is 47.1 Å². The number of fused-ring (bicyclic) bond motifs is 2. The summed E-state index contributed by atoms with van der Waals surface area (Å²) in [7, 11) is 0. The van der Waals surface area contributed by atoms with Crippen molar-refractivity contribution in [2.75, 3.05) is 18.5 Å². The number of halogens is 1. The third kappa shape index (κ3) is 3.23. The smallest absolute Gasteiger partial charge is 0.235 e. The number of nitrogens with one attached hydrogen (secondary N) is 1. The zero-order chi connectivity index (χ0) is 17.2. The van der Waals surface area contributed by atoms with Crippen LogP contribution in [0.4, 0.5) is 5.95 Å². The molecule has 0 bridgehead atoms. The molecule has 1 aliphatic heterocycles. The zero-order valence-electron chi connectivity index (χ0n) is 13.2. The second kappa shape index (κ2) is 6.60. The first kappa shape index (κ1) is 15.7. The number of carbonyl (C=O) groups excluding carboxylic acids is 1. The third-order valence-corrected chi connectivity index (χ3v) is 4.07. The highest BCUT2D eigenvalue weighted by Gasteiger charge is 2.17. The van der Waals surface area contributed by atoms with Gasteiger partial charge in [0, 0.05) is 12.6 Å². The molecule has 128 valence electrons. The molecule has 3 heterocycles. The molecule has 0 atom stereocenters. The molecule has 0 saturated carbocycles. The van der Waals surface area contributed by atoms with Crippen LogP contribution in [-0.4, -0.2) is 33.7 Å². The molecular weight excluding hydrogens is 344 g/mol. The van der Waals surface area contributed by atoms with E-state index in [0.29, 0.717) is 41.3 Å². The van der Waals surface area contributed by atoms with E-state index in [9.17, 15) is 4.79 Å². The van der Waals surface area contributed by atoms with E-state index in [-0.39, 0.29) is 12.3 Å². The number of nitrogens with zero attached hydrogens (tertiary/aromatic N) is 3. The van der Waals surface area contributed by atoms with Crippen molar-refractivity contribution in [2.45, 2.75) is 12.8 Å². The van der Waals surface area contributed by atoms with E-state index in [1.54, 1.807) is 22.7 Å². The summed E-state index contributed by atoms with van der Waals surface area (Å²) in [6, 6.07) is 9.02. The van der Waals surface area contributed by atoms with E-state index < -0.39 is 0 Å². The summed E-state index contributed by atoms with van der Waals surface area (Å²) in [5.41, 5.74) is 1.40. The van der Waals surface area contributed by atoms with Crippen molar-refractivity contribution < 1.29 is 14.3 Å². The molecule has 4 rings (SSSR count). The Hall–Kier alpha value is -2.80. The van der Waals surface area contributed by atoms with Gasteiger partial charge in [-0.15, -0.1) is 10.2 Å². The van der Waals surface area contributed by atoms with Crippen LogP contribution in [0.5, 0.6) is 11.5 Å². The minimum absolute atomic E-state index is 0.137. The fraction of sp³-hybridized carbons (Fsp3) is 0.235.